The summed E-state index contributed by atoms with van der Waals surface area (Å²) in [5, 5.41) is 2.84. The third kappa shape index (κ3) is 3.73. The third-order valence-corrected chi connectivity index (χ3v) is 4.60. The Bertz CT molecular complexity index is 728. The van der Waals surface area contributed by atoms with Gasteiger partial charge in [0.2, 0.25) is 6.41 Å². The SMILES string of the molecule is O=CN1CCN(c2ccc(NC(=O)c3ccccc3Br)cn2)CC1. The second-order valence-electron chi connectivity index (χ2n) is 5.47. The smallest absolute Gasteiger partial charge is 0.256 e. The van der Waals surface area contributed by atoms with Crippen LogP contribution >= 0.6 is 15.9 Å². The Morgan fingerprint density at radius 3 is 2.50 bits per heavy atom. The highest BCUT2D eigenvalue weighted by atomic mass is 79.9. The summed E-state index contributed by atoms with van der Waals surface area (Å²) in [4.78, 5) is 31.3. The minimum absolute atomic E-state index is 0.184. The average Bonchev–Trinajstić information content (AvgIpc) is 2.63. The van der Waals surface area contributed by atoms with Gasteiger partial charge in [0.25, 0.3) is 5.91 Å². The fourth-order valence-electron chi connectivity index (χ4n) is 2.55. The lowest BCUT2D eigenvalue weighted by Crippen LogP contribution is -2.46. The number of anilines is 2. The van der Waals surface area contributed by atoms with E-state index < -0.39 is 0 Å². The number of halogens is 1. The van der Waals surface area contributed by atoms with E-state index in [1.165, 1.54) is 0 Å². The van der Waals surface area contributed by atoms with E-state index in [1.807, 2.05) is 30.3 Å². The number of aromatic nitrogens is 1. The van der Waals surface area contributed by atoms with E-state index in [-0.39, 0.29) is 5.91 Å². The van der Waals surface area contributed by atoms with Gasteiger partial charge in [-0.05, 0) is 40.2 Å². The minimum Gasteiger partial charge on any atom is -0.353 e. The number of benzene rings is 1. The fourth-order valence-corrected chi connectivity index (χ4v) is 3.01. The van der Waals surface area contributed by atoms with Crippen molar-refractivity contribution in [1.82, 2.24) is 9.88 Å². The molecular weight excluding hydrogens is 372 g/mol. The Labute approximate surface area is 148 Å². The summed E-state index contributed by atoms with van der Waals surface area (Å²) in [5.41, 5.74) is 1.22. The quantitative estimate of drug-likeness (QED) is 0.816. The van der Waals surface area contributed by atoms with Gasteiger partial charge >= 0.3 is 0 Å². The average molecular weight is 389 g/mol. The molecule has 1 aromatic carbocycles. The van der Waals surface area contributed by atoms with Crippen LogP contribution in [0.5, 0.6) is 0 Å². The molecule has 6 nitrogen and oxygen atoms in total. The molecule has 0 radical (unpaired) electrons. The molecule has 2 heterocycles. The zero-order valence-electron chi connectivity index (χ0n) is 13.0. The highest BCUT2D eigenvalue weighted by Gasteiger charge is 2.16. The zero-order chi connectivity index (χ0) is 16.9. The van der Waals surface area contributed by atoms with E-state index >= 15 is 0 Å². The van der Waals surface area contributed by atoms with E-state index in [0.29, 0.717) is 24.3 Å². The topological polar surface area (TPSA) is 65.5 Å². The summed E-state index contributed by atoms with van der Waals surface area (Å²) in [6.45, 7) is 2.92. The molecule has 1 aliphatic rings. The van der Waals surface area contributed by atoms with Crippen molar-refractivity contribution in [2.24, 2.45) is 0 Å². The highest BCUT2D eigenvalue weighted by molar-refractivity contribution is 9.10. The van der Waals surface area contributed by atoms with Gasteiger partial charge in [0.1, 0.15) is 5.82 Å². The second-order valence-corrected chi connectivity index (χ2v) is 6.32. The molecule has 1 N–H and O–H groups in total. The van der Waals surface area contributed by atoms with E-state index in [9.17, 15) is 9.59 Å². The minimum atomic E-state index is -0.184. The number of hydrogen-bond acceptors (Lipinski definition) is 4. The first kappa shape index (κ1) is 16.4. The second kappa shape index (κ2) is 7.44. The molecule has 2 amide bonds. The summed E-state index contributed by atoms with van der Waals surface area (Å²) < 4.78 is 0.750. The van der Waals surface area contributed by atoms with Gasteiger partial charge < -0.3 is 15.1 Å². The highest BCUT2D eigenvalue weighted by Crippen LogP contribution is 2.19. The maximum atomic E-state index is 12.3. The van der Waals surface area contributed by atoms with Crippen molar-refractivity contribution in [2.75, 3.05) is 36.4 Å². The number of hydrogen-bond donors (Lipinski definition) is 1. The lowest BCUT2D eigenvalue weighted by Gasteiger charge is -2.33. The predicted octanol–water partition coefficient (Wildman–Crippen LogP) is 2.37. The lowest BCUT2D eigenvalue weighted by atomic mass is 10.2. The van der Waals surface area contributed by atoms with Crippen LogP contribution in [0.2, 0.25) is 0 Å². The summed E-state index contributed by atoms with van der Waals surface area (Å²) in [7, 11) is 0. The number of pyridine rings is 1. The Balaban J connectivity index is 1.64. The van der Waals surface area contributed by atoms with Crippen LogP contribution in [-0.4, -0.2) is 48.4 Å². The normalized spacial score (nSPS) is 14.4. The first-order valence-electron chi connectivity index (χ1n) is 7.63. The molecule has 2 aromatic rings. The summed E-state index contributed by atoms with van der Waals surface area (Å²) in [5.74, 6) is 0.663. The van der Waals surface area contributed by atoms with Crippen molar-refractivity contribution in [3.05, 3.63) is 52.6 Å². The first-order valence-corrected chi connectivity index (χ1v) is 8.43. The molecule has 124 valence electrons. The maximum Gasteiger partial charge on any atom is 0.256 e. The van der Waals surface area contributed by atoms with Gasteiger partial charge in [0, 0.05) is 30.7 Å². The number of carbonyl (C=O) groups excluding carboxylic acids is 2. The van der Waals surface area contributed by atoms with E-state index in [0.717, 1.165) is 29.8 Å². The van der Waals surface area contributed by atoms with Crippen LogP contribution in [0.3, 0.4) is 0 Å². The number of carbonyl (C=O) groups is 2. The van der Waals surface area contributed by atoms with Crippen LogP contribution in [0.25, 0.3) is 0 Å². The van der Waals surface area contributed by atoms with Gasteiger partial charge in [0.15, 0.2) is 0 Å². The van der Waals surface area contributed by atoms with Crippen LogP contribution in [0.15, 0.2) is 47.1 Å². The molecule has 24 heavy (non-hydrogen) atoms. The molecular formula is C17H17BrN4O2. The molecule has 0 unspecified atom stereocenters. The van der Waals surface area contributed by atoms with Crippen molar-refractivity contribution < 1.29 is 9.59 Å². The molecule has 0 saturated carbocycles. The molecule has 1 aromatic heterocycles. The third-order valence-electron chi connectivity index (χ3n) is 3.91. The molecule has 0 atom stereocenters. The van der Waals surface area contributed by atoms with Gasteiger partial charge in [-0.25, -0.2) is 4.98 Å². The molecule has 1 saturated heterocycles. The largest absolute Gasteiger partial charge is 0.353 e. The summed E-state index contributed by atoms with van der Waals surface area (Å²) in [6, 6.07) is 11.0. The molecule has 0 spiro atoms. The van der Waals surface area contributed by atoms with Crippen LogP contribution in [0, 0.1) is 0 Å². The molecule has 0 aliphatic carbocycles. The fraction of sp³-hybridized carbons (Fsp3) is 0.235. The van der Waals surface area contributed by atoms with E-state index in [1.54, 1.807) is 17.2 Å². The van der Waals surface area contributed by atoms with Crippen LogP contribution < -0.4 is 10.2 Å². The number of nitrogens with zero attached hydrogens (tertiary/aromatic N) is 3. The number of amides is 2. The standard InChI is InChI=1S/C17H17BrN4O2/c18-15-4-2-1-3-14(15)17(24)20-13-5-6-16(19-11-13)22-9-7-21(12-23)8-10-22/h1-6,11-12H,7-10H2,(H,20,24). The summed E-state index contributed by atoms with van der Waals surface area (Å²) in [6.07, 6.45) is 2.53. The molecule has 1 fully saturated rings. The van der Waals surface area contributed by atoms with Gasteiger partial charge in [-0.3, -0.25) is 9.59 Å². The zero-order valence-corrected chi connectivity index (χ0v) is 14.6. The molecule has 7 heteroatoms. The molecule has 0 bridgehead atoms. The predicted molar refractivity (Wildman–Crippen MR) is 96.2 cm³/mol. The van der Waals surface area contributed by atoms with Gasteiger partial charge in [0.05, 0.1) is 17.4 Å². The first-order chi connectivity index (χ1) is 11.7. The number of piperazine rings is 1. The Morgan fingerprint density at radius 2 is 1.88 bits per heavy atom. The molecule has 3 rings (SSSR count). The Hall–Kier alpha value is -2.41. The van der Waals surface area contributed by atoms with Crippen molar-refractivity contribution in [2.45, 2.75) is 0 Å². The van der Waals surface area contributed by atoms with Crippen molar-refractivity contribution in [3.8, 4) is 0 Å². The Morgan fingerprint density at radius 1 is 1.12 bits per heavy atom. The van der Waals surface area contributed by atoms with Gasteiger partial charge in [-0.15, -0.1) is 0 Å². The van der Waals surface area contributed by atoms with Crippen molar-refractivity contribution in [3.63, 3.8) is 0 Å². The summed E-state index contributed by atoms with van der Waals surface area (Å²) >= 11 is 3.37. The van der Waals surface area contributed by atoms with Crippen LogP contribution in [0.4, 0.5) is 11.5 Å². The van der Waals surface area contributed by atoms with Crippen LogP contribution in [-0.2, 0) is 4.79 Å². The van der Waals surface area contributed by atoms with Crippen molar-refractivity contribution >= 4 is 39.8 Å². The Kier molecular flexibility index (Phi) is 5.10. The lowest BCUT2D eigenvalue weighted by molar-refractivity contribution is -0.118. The number of nitrogens with one attached hydrogen (secondary N) is 1. The van der Waals surface area contributed by atoms with Gasteiger partial charge in [-0.1, -0.05) is 12.1 Å². The van der Waals surface area contributed by atoms with Crippen molar-refractivity contribution in [1.29, 1.82) is 0 Å². The van der Waals surface area contributed by atoms with E-state index in [2.05, 4.69) is 31.1 Å². The maximum absolute atomic E-state index is 12.3. The molecule has 1 aliphatic heterocycles. The monoisotopic (exact) mass is 388 g/mol. The van der Waals surface area contributed by atoms with E-state index in [4.69, 9.17) is 0 Å². The van der Waals surface area contributed by atoms with Crippen LogP contribution in [0.1, 0.15) is 10.4 Å². The number of rotatable bonds is 4. The van der Waals surface area contributed by atoms with Gasteiger partial charge in [-0.2, -0.15) is 0 Å².